The first-order valence-electron chi connectivity index (χ1n) is 7.51. The number of benzene rings is 1. The molecule has 0 aromatic heterocycles. The van der Waals surface area contributed by atoms with Gasteiger partial charge >= 0.3 is 11.9 Å². The van der Waals surface area contributed by atoms with Gasteiger partial charge in [-0.2, -0.15) is 4.31 Å². The lowest BCUT2D eigenvalue weighted by atomic mass is 10.3. The second-order valence-corrected chi connectivity index (χ2v) is 7.54. The zero-order valence-electron chi connectivity index (χ0n) is 13.9. The summed E-state index contributed by atoms with van der Waals surface area (Å²) >= 11 is 0. The molecule has 0 saturated carbocycles. The van der Waals surface area contributed by atoms with Crippen LogP contribution in [0.1, 0.15) is 13.8 Å². The van der Waals surface area contributed by atoms with E-state index in [-0.39, 0.29) is 4.90 Å². The van der Waals surface area contributed by atoms with Crippen molar-refractivity contribution in [3.8, 4) is 0 Å². The van der Waals surface area contributed by atoms with Gasteiger partial charge in [-0.3, -0.25) is 4.90 Å². The molecule has 0 unspecified atom stereocenters. The minimum Gasteiger partial charge on any atom is -0.473 e. The van der Waals surface area contributed by atoms with E-state index in [1.807, 2.05) is 0 Å². The van der Waals surface area contributed by atoms with E-state index in [9.17, 15) is 12.8 Å². The summed E-state index contributed by atoms with van der Waals surface area (Å²) in [4.78, 5) is 20.6. The molecule has 1 aromatic rings. The number of aliphatic carboxylic acids is 2. The van der Waals surface area contributed by atoms with Crippen LogP contribution in [0, 0.1) is 5.82 Å². The van der Waals surface area contributed by atoms with Gasteiger partial charge in [0.25, 0.3) is 0 Å². The van der Waals surface area contributed by atoms with E-state index in [4.69, 9.17) is 19.8 Å². The third-order valence-electron chi connectivity index (χ3n) is 3.64. The summed E-state index contributed by atoms with van der Waals surface area (Å²) in [5, 5.41) is 14.8. The lowest BCUT2D eigenvalue weighted by Gasteiger charge is -2.36. The number of sulfonamides is 1. The van der Waals surface area contributed by atoms with E-state index in [0.29, 0.717) is 19.1 Å². The maximum Gasteiger partial charge on any atom is 0.414 e. The Hall–Kier alpha value is -2.04. The summed E-state index contributed by atoms with van der Waals surface area (Å²) in [5.41, 5.74) is 0. The lowest BCUT2D eigenvalue weighted by molar-refractivity contribution is -0.159. The summed E-state index contributed by atoms with van der Waals surface area (Å²) in [6.07, 6.45) is 0. The number of rotatable bonds is 3. The van der Waals surface area contributed by atoms with Crippen molar-refractivity contribution in [2.75, 3.05) is 26.2 Å². The molecule has 1 aromatic carbocycles. The number of hydrogen-bond donors (Lipinski definition) is 2. The molecule has 0 bridgehead atoms. The smallest absolute Gasteiger partial charge is 0.414 e. The van der Waals surface area contributed by atoms with Gasteiger partial charge in [0.15, 0.2) is 0 Å². The molecule has 2 rings (SSSR count). The second kappa shape index (κ2) is 8.88. The highest BCUT2D eigenvalue weighted by Gasteiger charge is 2.28. The minimum absolute atomic E-state index is 0.159. The van der Waals surface area contributed by atoms with E-state index in [0.717, 1.165) is 13.1 Å². The summed E-state index contributed by atoms with van der Waals surface area (Å²) in [6, 6.07) is 5.42. The van der Waals surface area contributed by atoms with Crippen LogP contribution in [0.4, 0.5) is 4.39 Å². The molecule has 1 aliphatic rings. The van der Waals surface area contributed by atoms with Crippen LogP contribution in [0.25, 0.3) is 0 Å². The number of nitrogens with zero attached hydrogens (tertiary/aromatic N) is 2. The Kier molecular flexibility index (Phi) is 7.46. The van der Waals surface area contributed by atoms with Crippen molar-refractivity contribution in [1.29, 1.82) is 0 Å². The molecule has 8 nitrogen and oxygen atoms in total. The molecule has 1 saturated heterocycles. The quantitative estimate of drug-likeness (QED) is 0.746. The van der Waals surface area contributed by atoms with Gasteiger partial charge in [0, 0.05) is 32.2 Å². The van der Waals surface area contributed by atoms with Crippen LogP contribution in [-0.4, -0.2) is 72.0 Å². The highest BCUT2D eigenvalue weighted by Crippen LogP contribution is 2.18. The predicted octanol–water partition coefficient (Wildman–Crippen LogP) is 0.696. The topological polar surface area (TPSA) is 115 Å². The largest absolute Gasteiger partial charge is 0.473 e. The number of carboxylic acids is 2. The van der Waals surface area contributed by atoms with Gasteiger partial charge in [-0.15, -0.1) is 0 Å². The van der Waals surface area contributed by atoms with Crippen molar-refractivity contribution in [1.82, 2.24) is 9.21 Å². The maximum atomic E-state index is 12.8. The van der Waals surface area contributed by atoms with Gasteiger partial charge < -0.3 is 10.2 Å². The van der Waals surface area contributed by atoms with Crippen LogP contribution < -0.4 is 0 Å². The number of hydrogen-bond acceptors (Lipinski definition) is 5. The first kappa shape index (κ1) is 21.0. The highest BCUT2D eigenvalue weighted by molar-refractivity contribution is 7.89. The molecule has 140 valence electrons. The van der Waals surface area contributed by atoms with E-state index < -0.39 is 27.8 Å². The van der Waals surface area contributed by atoms with Crippen LogP contribution in [0.15, 0.2) is 29.2 Å². The van der Waals surface area contributed by atoms with Gasteiger partial charge in [-0.25, -0.2) is 22.4 Å². The van der Waals surface area contributed by atoms with Crippen molar-refractivity contribution in [2.45, 2.75) is 24.8 Å². The predicted molar refractivity (Wildman–Crippen MR) is 87.1 cm³/mol. The fourth-order valence-corrected chi connectivity index (χ4v) is 3.64. The van der Waals surface area contributed by atoms with E-state index in [1.54, 1.807) is 0 Å². The van der Waals surface area contributed by atoms with E-state index in [2.05, 4.69) is 18.7 Å². The number of piperazine rings is 1. The zero-order valence-corrected chi connectivity index (χ0v) is 14.7. The highest BCUT2D eigenvalue weighted by atomic mass is 32.2. The van der Waals surface area contributed by atoms with E-state index in [1.165, 1.54) is 28.6 Å². The average Bonchev–Trinajstić information content (AvgIpc) is 2.55. The minimum atomic E-state index is -3.49. The van der Waals surface area contributed by atoms with Gasteiger partial charge in [-0.05, 0) is 38.1 Å². The maximum absolute atomic E-state index is 12.8. The zero-order chi connectivity index (χ0) is 19.2. The van der Waals surface area contributed by atoms with Crippen molar-refractivity contribution in [3.63, 3.8) is 0 Å². The number of carbonyl (C=O) groups is 2. The Balaban J connectivity index is 0.000000450. The Morgan fingerprint density at radius 1 is 1.00 bits per heavy atom. The van der Waals surface area contributed by atoms with E-state index >= 15 is 0 Å². The molecule has 2 N–H and O–H groups in total. The van der Waals surface area contributed by atoms with Crippen LogP contribution in [0.2, 0.25) is 0 Å². The molecule has 25 heavy (non-hydrogen) atoms. The SMILES string of the molecule is CC(C)N1CCN(S(=O)(=O)c2ccc(F)cc2)CC1.O=C(O)C(=O)O. The molecule has 0 atom stereocenters. The number of carboxylic acid groups (broad SMARTS) is 2. The first-order valence-corrected chi connectivity index (χ1v) is 8.95. The fraction of sp³-hybridized carbons (Fsp3) is 0.467. The molecule has 0 amide bonds. The molecule has 0 aliphatic carbocycles. The van der Waals surface area contributed by atoms with Crippen LogP contribution >= 0.6 is 0 Å². The van der Waals surface area contributed by atoms with Crippen LogP contribution in [0.3, 0.4) is 0 Å². The van der Waals surface area contributed by atoms with Crippen molar-refractivity contribution < 1.29 is 32.6 Å². The van der Waals surface area contributed by atoms with Crippen LogP contribution in [0.5, 0.6) is 0 Å². The monoisotopic (exact) mass is 376 g/mol. The molecule has 1 fully saturated rings. The van der Waals surface area contributed by atoms with Crippen molar-refractivity contribution >= 4 is 22.0 Å². The summed E-state index contributed by atoms with van der Waals surface area (Å²) < 4.78 is 39.0. The third kappa shape index (κ3) is 6.07. The lowest BCUT2D eigenvalue weighted by Crippen LogP contribution is -2.50. The summed E-state index contributed by atoms with van der Waals surface area (Å²) in [6.45, 7) is 6.64. The molecule has 1 aliphatic heterocycles. The molecular weight excluding hydrogens is 355 g/mol. The Morgan fingerprint density at radius 2 is 1.44 bits per heavy atom. The van der Waals surface area contributed by atoms with Gasteiger partial charge in [0.1, 0.15) is 5.82 Å². The van der Waals surface area contributed by atoms with Gasteiger partial charge in [0.2, 0.25) is 10.0 Å². The second-order valence-electron chi connectivity index (χ2n) is 5.60. The standard InChI is InChI=1S/C13H19FN2O2S.C2H2O4/c1-11(2)15-7-9-16(10-8-15)19(17,18)13-5-3-12(14)4-6-13;3-1(4)2(5)6/h3-6,11H,7-10H2,1-2H3;(H,3,4)(H,5,6). The molecule has 1 heterocycles. The Bertz CT molecular complexity index is 685. The van der Waals surface area contributed by atoms with Gasteiger partial charge in [0.05, 0.1) is 4.90 Å². The normalized spacial score (nSPS) is 16.2. The fourth-order valence-electron chi connectivity index (χ4n) is 2.22. The molecular formula is C15H21FN2O6S. The molecule has 0 radical (unpaired) electrons. The van der Waals surface area contributed by atoms with Crippen LogP contribution in [-0.2, 0) is 19.6 Å². The molecule has 0 spiro atoms. The molecule has 10 heteroatoms. The summed E-state index contributed by atoms with van der Waals surface area (Å²) in [7, 11) is -3.49. The first-order chi connectivity index (χ1) is 11.6. The van der Waals surface area contributed by atoms with Crippen molar-refractivity contribution in [3.05, 3.63) is 30.1 Å². The Labute approximate surface area is 145 Å². The summed E-state index contributed by atoms with van der Waals surface area (Å²) in [5.74, 6) is -4.08. The third-order valence-corrected chi connectivity index (χ3v) is 5.55. The van der Waals surface area contributed by atoms with Crippen molar-refractivity contribution in [2.24, 2.45) is 0 Å². The Morgan fingerprint density at radius 3 is 1.80 bits per heavy atom. The number of halogens is 1. The average molecular weight is 376 g/mol. The van der Waals surface area contributed by atoms with Gasteiger partial charge in [-0.1, -0.05) is 0 Å².